The van der Waals surface area contributed by atoms with E-state index in [4.69, 9.17) is 0 Å². The largest absolute Gasteiger partial charge is 0.337 e. The summed E-state index contributed by atoms with van der Waals surface area (Å²) in [5.41, 5.74) is 1.84. The van der Waals surface area contributed by atoms with Crippen LogP contribution in [-0.2, 0) is 0 Å². The van der Waals surface area contributed by atoms with Crippen molar-refractivity contribution in [2.75, 3.05) is 26.2 Å². The predicted molar refractivity (Wildman–Crippen MR) is 79.5 cm³/mol. The Bertz CT molecular complexity index is 417. The summed E-state index contributed by atoms with van der Waals surface area (Å²) in [5, 5.41) is 3.31. The van der Waals surface area contributed by atoms with Gasteiger partial charge in [-0.3, -0.25) is 4.79 Å². The third kappa shape index (κ3) is 3.70. The first-order valence-electron chi connectivity index (χ1n) is 5.94. The van der Waals surface area contributed by atoms with Gasteiger partial charge in [-0.05, 0) is 37.6 Å². The molecule has 0 aliphatic carbocycles. The highest BCUT2D eigenvalue weighted by molar-refractivity contribution is 9.10. The van der Waals surface area contributed by atoms with Crippen molar-refractivity contribution in [2.24, 2.45) is 0 Å². The van der Waals surface area contributed by atoms with Crippen molar-refractivity contribution in [2.45, 2.75) is 13.3 Å². The summed E-state index contributed by atoms with van der Waals surface area (Å²) in [5.74, 6) is 0.146. The van der Waals surface area contributed by atoms with Crippen molar-refractivity contribution in [3.05, 3.63) is 33.8 Å². The Morgan fingerprint density at radius 2 is 2.11 bits per heavy atom. The third-order valence-corrected chi connectivity index (χ3v) is 3.55. The van der Waals surface area contributed by atoms with E-state index in [0.717, 1.165) is 48.2 Å². The Morgan fingerprint density at radius 1 is 1.33 bits per heavy atom. The fraction of sp³-hybridized carbons (Fsp3) is 0.462. The van der Waals surface area contributed by atoms with Crippen molar-refractivity contribution in [1.82, 2.24) is 10.2 Å². The Morgan fingerprint density at radius 3 is 2.89 bits per heavy atom. The first-order chi connectivity index (χ1) is 8.18. The van der Waals surface area contributed by atoms with Crippen LogP contribution in [0.25, 0.3) is 0 Å². The summed E-state index contributed by atoms with van der Waals surface area (Å²) < 4.78 is 0.958. The van der Waals surface area contributed by atoms with Crippen LogP contribution in [0, 0.1) is 6.92 Å². The zero-order chi connectivity index (χ0) is 12.3. The maximum atomic E-state index is 12.4. The Hall–Kier alpha value is -0.580. The van der Waals surface area contributed by atoms with Gasteiger partial charge in [-0.1, -0.05) is 22.0 Å². The predicted octanol–water partition coefficient (Wildman–Crippen LogP) is 2.61. The van der Waals surface area contributed by atoms with Gasteiger partial charge in [0.1, 0.15) is 0 Å². The summed E-state index contributed by atoms with van der Waals surface area (Å²) in [7, 11) is 0. The number of carbonyl (C=O) groups is 1. The van der Waals surface area contributed by atoms with E-state index in [9.17, 15) is 4.79 Å². The Kier molecular flexibility index (Phi) is 6.12. The first-order valence-corrected chi connectivity index (χ1v) is 6.74. The zero-order valence-corrected chi connectivity index (χ0v) is 12.8. The molecule has 1 heterocycles. The second-order valence-corrected chi connectivity index (χ2v) is 5.27. The number of amides is 1. The number of nitrogens with one attached hydrogen (secondary N) is 1. The molecule has 0 atom stereocenters. The normalized spacial score (nSPS) is 15.8. The number of nitrogens with zero attached hydrogens (tertiary/aromatic N) is 1. The van der Waals surface area contributed by atoms with E-state index in [1.54, 1.807) is 0 Å². The average molecular weight is 334 g/mol. The van der Waals surface area contributed by atoms with Gasteiger partial charge in [-0.25, -0.2) is 0 Å². The lowest BCUT2D eigenvalue weighted by atomic mass is 10.1. The number of carbonyl (C=O) groups excluding carboxylic acids is 1. The molecule has 100 valence electrons. The highest BCUT2D eigenvalue weighted by Crippen LogP contribution is 2.18. The lowest BCUT2D eigenvalue weighted by Gasteiger charge is -2.21. The number of hydrogen-bond acceptors (Lipinski definition) is 2. The third-order valence-electron chi connectivity index (χ3n) is 3.06. The van der Waals surface area contributed by atoms with Crippen molar-refractivity contribution in [3.63, 3.8) is 0 Å². The zero-order valence-electron chi connectivity index (χ0n) is 10.4. The summed E-state index contributed by atoms with van der Waals surface area (Å²) >= 11 is 3.42. The van der Waals surface area contributed by atoms with Crippen molar-refractivity contribution >= 4 is 34.2 Å². The van der Waals surface area contributed by atoms with Crippen LogP contribution in [0.4, 0.5) is 0 Å². The van der Waals surface area contributed by atoms with Gasteiger partial charge in [0.25, 0.3) is 5.91 Å². The number of halogens is 2. The van der Waals surface area contributed by atoms with Crippen LogP contribution >= 0.6 is 28.3 Å². The molecule has 1 aliphatic heterocycles. The van der Waals surface area contributed by atoms with E-state index in [0.29, 0.717) is 0 Å². The standard InChI is InChI=1S/C13H17BrN2O.ClH/c1-10-3-4-11(14)9-12(10)13(17)16-7-2-5-15-6-8-16;/h3-4,9,15H,2,5-8H2,1H3;1H. The number of hydrogen-bond donors (Lipinski definition) is 1. The van der Waals surface area contributed by atoms with E-state index in [1.165, 1.54) is 0 Å². The quantitative estimate of drug-likeness (QED) is 0.857. The number of aryl methyl sites for hydroxylation is 1. The van der Waals surface area contributed by atoms with Crippen molar-refractivity contribution in [1.29, 1.82) is 0 Å². The van der Waals surface area contributed by atoms with E-state index >= 15 is 0 Å². The highest BCUT2D eigenvalue weighted by atomic mass is 79.9. The van der Waals surface area contributed by atoms with Gasteiger partial charge < -0.3 is 10.2 Å². The topological polar surface area (TPSA) is 32.3 Å². The van der Waals surface area contributed by atoms with Crippen LogP contribution in [0.5, 0.6) is 0 Å². The monoisotopic (exact) mass is 332 g/mol. The van der Waals surface area contributed by atoms with Gasteiger partial charge >= 0.3 is 0 Å². The van der Waals surface area contributed by atoms with E-state index < -0.39 is 0 Å². The lowest BCUT2D eigenvalue weighted by molar-refractivity contribution is 0.0765. The van der Waals surface area contributed by atoms with Gasteiger partial charge in [0.05, 0.1) is 0 Å². The second-order valence-electron chi connectivity index (χ2n) is 4.35. The summed E-state index contributed by atoms with van der Waals surface area (Å²) in [6, 6.07) is 5.86. The molecule has 18 heavy (non-hydrogen) atoms. The van der Waals surface area contributed by atoms with Gasteiger partial charge in [0.15, 0.2) is 0 Å². The molecule has 1 N–H and O–H groups in total. The number of rotatable bonds is 1. The molecule has 0 bridgehead atoms. The minimum Gasteiger partial charge on any atom is -0.337 e. The second kappa shape index (κ2) is 7.12. The Balaban J connectivity index is 0.00000162. The smallest absolute Gasteiger partial charge is 0.254 e. The van der Waals surface area contributed by atoms with Crippen LogP contribution in [0.3, 0.4) is 0 Å². The minimum atomic E-state index is 0. The lowest BCUT2D eigenvalue weighted by Crippen LogP contribution is -2.34. The molecule has 0 spiro atoms. The van der Waals surface area contributed by atoms with Crippen LogP contribution in [0.15, 0.2) is 22.7 Å². The van der Waals surface area contributed by atoms with Crippen molar-refractivity contribution < 1.29 is 4.79 Å². The molecule has 1 aromatic carbocycles. The van der Waals surface area contributed by atoms with Crippen molar-refractivity contribution in [3.8, 4) is 0 Å². The minimum absolute atomic E-state index is 0. The van der Waals surface area contributed by atoms with Gasteiger partial charge in [0.2, 0.25) is 0 Å². The molecule has 1 aliphatic rings. The number of benzene rings is 1. The molecular weight excluding hydrogens is 316 g/mol. The molecule has 0 unspecified atom stereocenters. The molecule has 2 rings (SSSR count). The van der Waals surface area contributed by atoms with Crippen LogP contribution < -0.4 is 5.32 Å². The molecule has 5 heteroatoms. The maximum Gasteiger partial charge on any atom is 0.254 e. The summed E-state index contributed by atoms with van der Waals surface area (Å²) in [6.45, 7) is 5.51. The molecule has 1 amide bonds. The summed E-state index contributed by atoms with van der Waals surface area (Å²) in [6.07, 6.45) is 1.03. The maximum absolute atomic E-state index is 12.4. The van der Waals surface area contributed by atoms with Gasteiger partial charge in [0, 0.05) is 29.7 Å². The van der Waals surface area contributed by atoms with Gasteiger partial charge in [-0.2, -0.15) is 0 Å². The molecule has 0 radical (unpaired) electrons. The molecule has 1 aromatic rings. The fourth-order valence-electron chi connectivity index (χ4n) is 2.04. The molecule has 0 aromatic heterocycles. The molecule has 1 saturated heterocycles. The Labute approximate surface area is 122 Å². The van der Waals surface area contributed by atoms with Gasteiger partial charge in [-0.15, -0.1) is 12.4 Å². The highest BCUT2D eigenvalue weighted by Gasteiger charge is 2.18. The van der Waals surface area contributed by atoms with Crippen LogP contribution in [0.2, 0.25) is 0 Å². The van der Waals surface area contributed by atoms with Crippen LogP contribution in [0.1, 0.15) is 22.3 Å². The van der Waals surface area contributed by atoms with E-state index in [2.05, 4.69) is 21.2 Å². The molecular formula is C13H18BrClN2O. The van der Waals surface area contributed by atoms with Crippen LogP contribution in [-0.4, -0.2) is 37.0 Å². The van der Waals surface area contributed by atoms with E-state index in [1.807, 2.05) is 30.0 Å². The molecule has 0 saturated carbocycles. The SMILES string of the molecule is Cc1ccc(Br)cc1C(=O)N1CCCNCC1.Cl. The fourth-order valence-corrected chi connectivity index (χ4v) is 2.40. The first kappa shape index (κ1) is 15.5. The molecule has 1 fully saturated rings. The average Bonchev–Trinajstić information content (AvgIpc) is 2.60. The van der Waals surface area contributed by atoms with E-state index in [-0.39, 0.29) is 18.3 Å². The summed E-state index contributed by atoms with van der Waals surface area (Å²) in [4.78, 5) is 14.3. The molecule has 3 nitrogen and oxygen atoms in total.